The standard InChI is InChI=1S/C22H40O9/c1-8-13(23)9-14-10-16(22(2,3)17(30-14)11-18(24)26-5)31-21-20(28-7)19(27-6)15(25-4)12-29-21/h13-17,19-21,23H,8-12H2,1-7H3/t13-,14-,15-,16+,17+,19+,20-,21+/m1/s1. The van der Waals surface area contributed by atoms with Crippen LogP contribution in [0.5, 0.6) is 0 Å². The predicted molar refractivity (Wildman–Crippen MR) is 112 cm³/mol. The summed E-state index contributed by atoms with van der Waals surface area (Å²) in [6.45, 7) is 6.25. The predicted octanol–water partition coefficient (Wildman–Crippen LogP) is 1.68. The molecule has 2 fully saturated rings. The second-order valence-electron chi connectivity index (χ2n) is 8.88. The van der Waals surface area contributed by atoms with Crippen molar-refractivity contribution in [3.8, 4) is 0 Å². The Bertz CT molecular complexity index is 555. The molecule has 0 spiro atoms. The first kappa shape index (κ1) is 26.4. The van der Waals surface area contributed by atoms with E-state index in [1.165, 1.54) is 7.11 Å². The van der Waals surface area contributed by atoms with Crippen molar-refractivity contribution < 1.29 is 43.1 Å². The lowest BCUT2D eigenvalue weighted by molar-refractivity contribution is -0.318. The van der Waals surface area contributed by atoms with Crippen LogP contribution in [0.3, 0.4) is 0 Å². The highest BCUT2D eigenvalue weighted by atomic mass is 16.7. The number of hydrogen-bond acceptors (Lipinski definition) is 9. The summed E-state index contributed by atoms with van der Waals surface area (Å²) < 4.78 is 40.3. The minimum atomic E-state index is -0.667. The largest absolute Gasteiger partial charge is 0.469 e. The van der Waals surface area contributed by atoms with Gasteiger partial charge < -0.3 is 38.3 Å². The lowest BCUT2D eigenvalue weighted by Crippen LogP contribution is -2.59. The Labute approximate surface area is 185 Å². The van der Waals surface area contributed by atoms with Gasteiger partial charge in [0, 0.05) is 33.2 Å². The van der Waals surface area contributed by atoms with Gasteiger partial charge in [-0.1, -0.05) is 20.8 Å². The normalized spacial score (nSPS) is 36.7. The van der Waals surface area contributed by atoms with Gasteiger partial charge in [0.1, 0.15) is 18.3 Å². The van der Waals surface area contributed by atoms with E-state index in [4.69, 9.17) is 33.2 Å². The van der Waals surface area contributed by atoms with Crippen molar-refractivity contribution in [2.75, 3.05) is 35.0 Å². The van der Waals surface area contributed by atoms with Crippen LogP contribution in [0.1, 0.15) is 46.5 Å². The zero-order valence-electron chi connectivity index (χ0n) is 19.9. The Balaban J connectivity index is 2.22. The Morgan fingerprint density at radius 2 is 1.81 bits per heavy atom. The number of aliphatic hydroxyl groups excluding tert-OH is 1. The molecule has 2 saturated heterocycles. The van der Waals surface area contributed by atoms with E-state index >= 15 is 0 Å². The lowest BCUT2D eigenvalue weighted by atomic mass is 9.74. The van der Waals surface area contributed by atoms with Gasteiger partial charge >= 0.3 is 5.97 Å². The Morgan fingerprint density at radius 3 is 2.35 bits per heavy atom. The molecule has 9 heteroatoms. The molecule has 2 rings (SSSR count). The summed E-state index contributed by atoms with van der Waals surface area (Å²) in [4.78, 5) is 12.0. The Hall–Kier alpha value is -0.810. The number of carbonyl (C=O) groups excluding carboxylic acids is 1. The molecule has 0 aromatic carbocycles. The molecule has 8 atom stereocenters. The average Bonchev–Trinajstić information content (AvgIpc) is 2.76. The van der Waals surface area contributed by atoms with E-state index in [2.05, 4.69) is 0 Å². The summed E-state index contributed by atoms with van der Waals surface area (Å²) in [6, 6.07) is 0. The van der Waals surface area contributed by atoms with Crippen molar-refractivity contribution in [1.29, 1.82) is 0 Å². The second kappa shape index (κ2) is 11.9. The van der Waals surface area contributed by atoms with Gasteiger partial charge in [0.2, 0.25) is 0 Å². The molecule has 0 amide bonds. The maximum atomic E-state index is 12.0. The van der Waals surface area contributed by atoms with Crippen LogP contribution in [-0.4, -0.2) is 95.1 Å². The fraction of sp³-hybridized carbons (Fsp3) is 0.955. The summed E-state index contributed by atoms with van der Waals surface area (Å²) in [7, 11) is 6.17. The second-order valence-corrected chi connectivity index (χ2v) is 8.88. The topological polar surface area (TPSA) is 102 Å². The van der Waals surface area contributed by atoms with Gasteiger partial charge in [-0.2, -0.15) is 0 Å². The van der Waals surface area contributed by atoms with E-state index in [1.54, 1.807) is 21.3 Å². The van der Waals surface area contributed by atoms with Crippen molar-refractivity contribution in [2.24, 2.45) is 5.41 Å². The fourth-order valence-corrected chi connectivity index (χ4v) is 4.37. The summed E-state index contributed by atoms with van der Waals surface area (Å²) in [6.07, 6.45) is -1.47. The number of ether oxygens (including phenoxy) is 7. The van der Waals surface area contributed by atoms with Crippen LogP contribution in [0.25, 0.3) is 0 Å². The molecule has 0 unspecified atom stereocenters. The van der Waals surface area contributed by atoms with Crippen molar-refractivity contribution in [3.63, 3.8) is 0 Å². The summed E-state index contributed by atoms with van der Waals surface area (Å²) in [5, 5.41) is 10.2. The highest BCUT2D eigenvalue weighted by Crippen LogP contribution is 2.42. The quantitative estimate of drug-likeness (QED) is 0.500. The summed E-state index contributed by atoms with van der Waals surface area (Å²) in [5.41, 5.74) is -0.510. The maximum Gasteiger partial charge on any atom is 0.308 e. The first-order valence-electron chi connectivity index (χ1n) is 11.0. The molecule has 0 bridgehead atoms. The first-order chi connectivity index (χ1) is 14.7. The molecule has 0 aromatic heterocycles. The number of methoxy groups -OCH3 is 4. The van der Waals surface area contributed by atoms with Crippen LogP contribution < -0.4 is 0 Å². The van der Waals surface area contributed by atoms with Gasteiger partial charge in [0.15, 0.2) is 6.29 Å². The van der Waals surface area contributed by atoms with Gasteiger partial charge in [-0.05, 0) is 12.8 Å². The SMILES string of the molecule is CC[C@@H](O)C[C@@H]1C[C@H](O[C@@H]2OC[C@@H](OC)[C@H](OC)[C@H]2OC)C(C)(C)[C@H](CC(=O)OC)O1. The van der Waals surface area contributed by atoms with Crippen molar-refractivity contribution in [1.82, 2.24) is 0 Å². The molecular weight excluding hydrogens is 408 g/mol. The zero-order valence-corrected chi connectivity index (χ0v) is 19.9. The van der Waals surface area contributed by atoms with Gasteiger partial charge in [-0.3, -0.25) is 4.79 Å². The van der Waals surface area contributed by atoms with Crippen LogP contribution in [0, 0.1) is 5.41 Å². The van der Waals surface area contributed by atoms with E-state index in [1.807, 2.05) is 20.8 Å². The highest BCUT2D eigenvalue weighted by molar-refractivity contribution is 5.69. The minimum Gasteiger partial charge on any atom is -0.469 e. The fourth-order valence-electron chi connectivity index (χ4n) is 4.37. The number of carbonyl (C=O) groups is 1. The smallest absolute Gasteiger partial charge is 0.308 e. The third-order valence-electron chi connectivity index (χ3n) is 6.61. The highest BCUT2D eigenvalue weighted by Gasteiger charge is 2.50. The third-order valence-corrected chi connectivity index (χ3v) is 6.61. The molecule has 2 aliphatic rings. The van der Waals surface area contributed by atoms with Crippen molar-refractivity contribution >= 4 is 5.97 Å². The molecule has 0 saturated carbocycles. The average molecular weight is 449 g/mol. The number of aliphatic hydroxyl groups is 1. The molecule has 2 aliphatic heterocycles. The molecule has 182 valence electrons. The first-order valence-corrected chi connectivity index (χ1v) is 11.0. The zero-order chi connectivity index (χ0) is 23.2. The van der Waals surface area contributed by atoms with Gasteiger partial charge in [-0.15, -0.1) is 0 Å². The Morgan fingerprint density at radius 1 is 1.13 bits per heavy atom. The van der Waals surface area contributed by atoms with Crippen LogP contribution in [-0.2, 0) is 38.0 Å². The molecule has 0 aliphatic carbocycles. The van der Waals surface area contributed by atoms with E-state index in [0.29, 0.717) is 25.9 Å². The van der Waals surface area contributed by atoms with E-state index < -0.39 is 30.0 Å². The van der Waals surface area contributed by atoms with Crippen LogP contribution >= 0.6 is 0 Å². The molecule has 0 aromatic rings. The van der Waals surface area contributed by atoms with Gasteiger partial charge in [0.05, 0.1) is 44.6 Å². The van der Waals surface area contributed by atoms with Gasteiger partial charge in [0.25, 0.3) is 0 Å². The monoisotopic (exact) mass is 448 g/mol. The van der Waals surface area contributed by atoms with Gasteiger partial charge in [-0.25, -0.2) is 0 Å². The molecule has 2 heterocycles. The third kappa shape index (κ3) is 6.37. The minimum absolute atomic E-state index is 0.105. The summed E-state index contributed by atoms with van der Waals surface area (Å²) >= 11 is 0. The van der Waals surface area contributed by atoms with Crippen molar-refractivity contribution in [3.05, 3.63) is 0 Å². The van der Waals surface area contributed by atoms with E-state index in [9.17, 15) is 9.90 Å². The molecule has 9 nitrogen and oxygen atoms in total. The van der Waals surface area contributed by atoms with Crippen molar-refractivity contribution in [2.45, 2.75) is 95.5 Å². The molecular formula is C22H40O9. The van der Waals surface area contributed by atoms with Crippen LogP contribution in [0.15, 0.2) is 0 Å². The summed E-state index contributed by atoms with van der Waals surface area (Å²) in [5.74, 6) is -0.348. The number of esters is 1. The maximum absolute atomic E-state index is 12.0. The van der Waals surface area contributed by atoms with E-state index in [0.717, 1.165) is 0 Å². The lowest BCUT2D eigenvalue weighted by Gasteiger charge is -2.50. The van der Waals surface area contributed by atoms with Crippen LogP contribution in [0.2, 0.25) is 0 Å². The Kier molecular flexibility index (Phi) is 10.1. The van der Waals surface area contributed by atoms with E-state index in [-0.39, 0.29) is 36.8 Å². The number of hydrogen-bond donors (Lipinski definition) is 1. The number of rotatable bonds is 10. The molecule has 31 heavy (non-hydrogen) atoms. The van der Waals surface area contributed by atoms with Crippen LogP contribution in [0.4, 0.5) is 0 Å². The molecule has 0 radical (unpaired) electrons. The molecule has 1 N–H and O–H groups in total.